The van der Waals surface area contributed by atoms with Crippen LogP contribution in [0.3, 0.4) is 0 Å². The fourth-order valence-electron chi connectivity index (χ4n) is 1.94. The van der Waals surface area contributed by atoms with Gasteiger partial charge in [-0.2, -0.15) is 11.8 Å². The fraction of sp³-hybridized carbons (Fsp3) is 0.583. The van der Waals surface area contributed by atoms with Crippen molar-refractivity contribution in [2.45, 2.75) is 30.9 Å². The Balaban J connectivity index is 1.59. The summed E-state index contributed by atoms with van der Waals surface area (Å²) < 4.78 is 5.01. The van der Waals surface area contributed by atoms with Gasteiger partial charge in [-0.05, 0) is 25.0 Å². The maximum Gasteiger partial charge on any atom is 0.287 e. The lowest BCUT2D eigenvalue weighted by Gasteiger charge is -2.08. The first-order chi connectivity index (χ1) is 7.86. The lowest BCUT2D eigenvalue weighted by Crippen LogP contribution is -2.25. The molecule has 3 nitrogen and oxygen atoms in total. The number of hydrogen-bond donors (Lipinski definition) is 1. The van der Waals surface area contributed by atoms with Gasteiger partial charge in [-0.25, -0.2) is 0 Å². The Labute approximate surface area is 100.0 Å². The highest BCUT2D eigenvalue weighted by molar-refractivity contribution is 7.99. The van der Waals surface area contributed by atoms with Gasteiger partial charge in [-0.3, -0.25) is 4.79 Å². The minimum atomic E-state index is -0.114. The molecule has 1 heterocycles. The zero-order valence-corrected chi connectivity index (χ0v) is 10.1. The summed E-state index contributed by atoms with van der Waals surface area (Å²) in [6.07, 6.45) is 6.95. The quantitative estimate of drug-likeness (QED) is 0.803. The van der Waals surface area contributed by atoms with E-state index < -0.39 is 0 Å². The summed E-state index contributed by atoms with van der Waals surface area (Å²) >= 11 is 1.98. The fourth-order valence-corrected chi connectivity index (χ4v) is 3.16. The molecule has 0 spiro atoms. The Morgan fingerprint density at radius 2 is 2.31 bits per heavy atom. The van der Waals surface area contributed by atoms with Crippen LogP contribution in [0.5, 0.6) is 0 Å². The monoisotopic (exact) mass is 239 g/mol. The molecule has 88 valence electrons. The predicted octanol–water partition coefficient (Wildman–Crippen LogP) is 2.69. The van der Waals surface area contributed by atoms with E-state index in [1.165, 1.54) is 31.9 Å². The van der Waals surface area contributed by atoms with Crippen molar-refractivity contribution in [2.75, 3.05) is 12.3 Å². The standard InChI is InChI=1S/C12H17NO2S/c14-12(11-6-3-8-15-11)13-7-9-16-10-4-1-2-5-10/h3,6,8,10H,1-2,4-5,7,9H2,(H,13,14). The average molecular weight is 239 g/mol. The second-order valence-corrected chi connectivity index (χ2v) is 5.42. The number of furan rings is 1. The van der Waals surface area contributed by atoms with Crippen molar-refractivity contribution in [3.05, 3.63) is 24.2 Å². The molecule has 4 heteroatoms. The summed E-state index contributed by atoms with van der Waals surface area (Å²) in [7, 11) is 0. The third-order valence-corrected chi connectivity index (χ3v) is 4.17. The van der Waals surface area contributed by atoms with Crippen molar-refractivity contribution in [1.82, 2.24) is 5.32 Å². The molecule has 0 atom stereocenters. The maximum atomic E-state index is 11.5. The largest absolute Gasteiger partial charge is 0.459 e. The van der Waals surface area contributed by atoms with Gasteiger partial charge in [0.15, 0.2) is 5.76 Å². The molecule has 0 radical (unpaired) electrons. The van der Waals surface area contributed by atoms with E-state index >= 15 is 0 Å². The molecule has 16 heavy (non-hydrogen) atoms. The van der Waals surface area contributed by atoms with Crippen LogP contribution in [0.25, 0.3) is 0 Å². The van der Waals surface area contributed by atoms with E-state index in [0.29, 0.717) is 5.76 Å². The molecule has 1 aromatic heterocycles. The van der Waals surface area contributed by atoms with Crippen LogP contribution in [0, 0.1) is 0 Å². The summed E-state index contributed by atoms with van der Waals surface area (Å²) in [5, 5.41) is 3.68. The Hall–Kier alpha value is -0.900. The Bertz CT molecular complexity index is 318. The number of thioether (sulfide) groups is 1. The van der Waals surface area contributed by atoms with E-state index in [1.54, 1.807) is 12.1 Å². The second-order valence-electron chi connectivity index (χ2n) is 4.01. The molecule has 1 N–H and O–H groups in total. The first-order valence-corrected chi connectivity index (χ1v) is 6.84. The minimum absolute atomic E-state index is 0.114. The average Bonchev–Trinajstić information content (AvgIpc) is 2.96. The third kappa shape index (κ3) is 3.30. The maximum absolute atomic E-state index is 11.5. The first kappa shape index (κ1) is 11.6. The molecule has 1 aliphatic rings. The normalized spacial score (nSPS) is 16.5. The zero-order chi connectivity index (χ0) is 11.2. The third-order valence-electron chi connectivity index (χ3n) is 2.79. The van der Waals surface area contributed by atoms with E-state index in [9.17, 15) is 4.79 Å². The molecular formula is C12H17NO2S. The number of hydrogen-bond acceptors (Lipinski definition) is 3. The van der Waals surface area contributed by atoms with E-state index in [2.05, 4.69) is 5.32 Å². The van der Waals surface area contributed by atoms with E-state index in [4.69, 9.17) is 4.42 Å². The summed E-state index contributed by atoms with van der Waals surface area (Å²) in [4.78, 5) is 11.5. The molecule has 0 unspecified atom stereocenters. The lowest BCUT2D eigenvalue weighted by molar-refractivity contribution is 0.0928. The summed E-state index contributed by atoms with van der Waals surface area (Å²) in [6.45, 7) is 0.723. The highest BCUT2D eigenvalue weighted by Crippen LogP contribution is 2.28. The molecule has 0 saturated heterocycles. The van der Waals surface area contributed by atoms with Crippen LogP contribution < -0.4 is 5.32 Å². The van der Waals surface area contributed by atoms with Gasteiger partial charge in [0.25, 0.3) is 5.91 Å². The van der Waals surface area contributed by atoms with Crippen LogP contribution in [-0.4, -0.2) is 23.5 Å². The number of rotatable bonds is 5. The summed E-state index contributed by atoms with van der Waals surface area (Å²) in [6, 6.07) is 3.40. The van der Waals surface area contributed by atoms with Crippen molar-refractivity contribution >= 4 is 17.7 Å². The minimum Gasteiger partial charge on any atom is -0.459 e. The van der Waals surface area contributed by atoms with Gasteiger partial charge in [0, 0.05) is 17.5 Å². The van der Waals surface area contributed by atoms with Gasteiger partial charge in [0.05, 0.1) is 6.26 Å². The zero-order valence-electron chi connectivity index (χ0n) is 9.28. The molecule has 0 aliphatic heterocycles. The SMILES string of the molecule is O=C(NCCSC1CCCC1)c1ccco1. The molecule has 1 amide bonds. The molecule has 1 aliphatic carbocycles. The topological polar surface area (TPSA) is 42.2 Å². The van der Waals surface area contributed by atoms with Crippen molar-refractivity contribution in [3.63, 3.8) is 0 Å². The van der Waals surface area contributed by atoms with Crippen LogP contribution in [0.4, 0.5) is 0 Å². The summed E-state index contributed by atoms with van der Waals surface area (Å²) in [5.41, 5.74) is 0. The van der Waals surface area contributed by atoms with Gasteiger partial charge in [-0.1, -0.05) is 12.8 Å². The van der Waals surface area contributed by atoms with Gasteiger partial charge < -0.3 is 9.73 Å². The van der Waals surface area contributed by atoms with E-state index in [0.717, 1.165) is 17.5 Å². The Kier molecular flexibility index (Phi) is 4.34. The van der Waals surface area contributed by atoms with Gasteiger partial charge in [0.2, 0.25) is 0 Å². The number of amides is 1. The van der Waals surface area contributed by atoms with Crippen LogP contribution in [0.2, 0.25) is 0 Å². The van der Waals surface area contributed by atoms with Crippen molar-refractivity contribution in [2.24, 2.45) is 0 Å². The lowest BCUT2D eigenvalue weighted by atomic mass is 10.4. The molecule has 0 bridgehead atoms. The molecule has 0 aromatic carbocycles. The molecule has 2 rings (SSSR count). The smallest absolute Gasteiger partial charge is 0.287 e. The molecule has 1 saturated carbocycles. The van der Waals surface area contributed by atoms with Gasteiger partial charge >= 0.3 is 0 Å². The van der Waals surface area contributed by atoms with Crippen molar-refractivity contribution in [1.29, 1.82) is 0 Å². The Morgan fingerprint density at radius 1 is 1.50 bits per heavy atom. The highest BCUT2D eigenvalue weighted by Gasteiger charge is 2.15. The van der Waals surface area contributed by atoms with Crippen LogP contribution in [0.1, 0.15) is 36.2 Å². The highest BCUT2D eigenvalue weighted by atomic mass is 32.2. The van der Waals surface area contributed by atoms with E-state index in [-0.39, 0.29) is 5.91 Å². The van der Waals surface area contributed by atoms with Gasteiger partial charge in [0.1, 0.15) is 0 Å². The Morgan fingerprint density at radius 3 is 3.00 bits per heavy atom. The molecule has 1 fully saturated rings. The number of carbonyl (C=O) groups is 1. The van der Waals surface area contributed by atoms with Crippen LogP contribution >= 0.6 is 11.8 Å². The number of nitrogens with one attached hydrogen (secondary N) is 1. The van der Waals surface area contributed by atoms with Crippen LogP contribution in [-0.2, 0) is 0 Å². The summed E-state index contributed by atoms with van der Waals surface area (Å²) in [5.74, 6) is 1.28. The molecular weight excluding hydrogens is 222 g/mol. The number of carbonyl (C=O) groups excluding carboxylic acids is 1. The van der Waals surface area contributed by atoms with Crippen molar-refractivity contribution < 1.29 is 9.21 Å². The van der Waals surface area contributed by atoms with E-state index in [1.807, 2.05) is 11.8 Å². The second kappa shape index (κ2) is 5.99. The van der Waals surface area contributed by atoms with Crippen molar-refractivity contribution in [3.8, 4) is 0 Å². The molecule has 1 aromatic rings. The first-order valence-electron chi connectivity index (χ1n) is 5.79. The predicted molar refractivity (Wildman–Crippen MR) is 65.8 cm³/mol. The van der Waals surface area contributed by atoms with Gasteiger partial charge in [-0.15, -0.1) is 0 Å². The van der Waals surface area contributed by atoms with Crippen LogP contribution in [0.15, 0.2) is 22.8 Å².